The molecule has 1 radical (unpaired) electrons. The summed E-state index contributed by atoms with van der Waals surface area (Å²) in [5, 5.41) is 0.844. The van der Waals surface area contributed by atoms with Crippen LogP contribution in [0.2, 0.25) is 10.0 Å². The molecule has 0 amide bonds. The summed E-state index contributed by atoms with van der Waals surface area (Å²) in [5.74, 6) is -0.0908. The van der Waals surface area contributed by atoms with Gasteiger partial charge in [-0.05, 0) is 34.7 Å². The summed E-state index contributed by atoms with van der Waals surface area (Å²) in [6.45, 7) is 1.60. The van der Waals surface area contributed by atoms with Crippen molar-refractivity contribution in [3.8, 4) is 5.75 Å². The first-order valence-corrected chi connectivity index (χ1v) is 5.53. The molecule has 0 N–H and O–H groups in total. The molecule has 0 aliphatic carbocycles. The molecule has 0 heterocycles. The van der Waals surface area contributed by atoms with E-state index in [4.69, 9.17) is 27.9 Å². The summed E-state index contributed by atoms with van der Waals surface area (Å²) >= 11 is 13.6. The molecule has 0 saturated carbocycles. The van der Waals surface area contributed by atoms with Crippen molar-refractivity contribution >= 4 is 51.8 Å². The second-order valence-corrected chi connectivity index (χ2v) is 4.41. The van der Waals surface area contributed by atoms with Crippen molar-refractivity contribution in [1.82, 2.24) is 0 Å². The Morgan fingerprint density at radius 2 is 2.14 bits per heavy atom. The normalized spacial score (nSPS) is 10.0. The third-order valence-corrected chi connectivity index (χ3v) is 2.70. The SMILES string of the molecule is C[CH]C(=O)Oc1c(Cl)cc(Cl)cc1I. The van der Waals surface area contributed by atoms with Crippen molar-refractivity contribution in [2.75, 3.05) is 0 Å². The number of hydrogen-bond donors (Lipinski definition) is 0. The molecule has 0 fully saturated rings. The maximum atomic E-state index is 11.0. The van der Waals surface area contributed by atoms with E-state index < -0.39 is 5.97 Å². The Labute approximate surface area is 106 Å². The molecule has 0 spiro atoms. The predicted molar refractivity (Wildman–Crippen MR) is 64.8 cm³/mol. The van der Waals surface area contributed by atoms with E-state index in [0.717, 1.165) is 0 Å². The molecule has 0 aromatic heterocycles. The monoisotopic (exact) mass is 343 g/mol. The average Bonchev–Trinajstić information content (AvgIpc) is 2.10. The van der Waals surface area contributed by atoms with Crippen molar-refractivity contribution in [1.29, 1.82) is 0 Å². The molecular weight excluding hydrogens is 338 g/mol. The highest BCUT2D eigenvalue weighted by atomic mass is 127. The highest BCUT2D eigenvalue weighted by Gasteiger charge is 2.11. The van der Waals surface area contributed by atoms with Gasteiger partial charge in [0.25, 0.3) is 0 Å². The van der Waals surface area contributed by atoms with Crippen LogP contribution in [-0.4, -0.2) is 5.97 Å². The minimum Gasteiger partial charge on any atom is -0.424 e. The lowest BCUT2D eigenvalue weighted by molar-refractivity contribution is -0.130. The first-order valence-electron chi connectivity index (χ1n) is 3.70. The standard InChI is InChI=1S/C9H6Cl2IO2/c1-2-8(13)14-9-6(11)3-5(10)4-7(9)12/h2-4H,1H3. The Bertz CT molecular complexity index is 343. The topological polar surface area (TPSA) is 26.3 Å². The molecular formula is C9H6Cl2IO2. The molecule has 0 unspecified atom stereocenters. The summed E-state index contributed by atoms with van der Waals surface area (Å²) in [6.07, 6.45) is 1.32. The van der Waals surface area contributed by atoms with Gasteiger partial charge in [0.05, 0.1) is 15.0 Å². The van der Waals surface area contributed by atoms with Crippen LogP contribution in [0.15, 0.2) is 12.1 Å². The zero-order valence-corrected chi connectivity index (χ0v) is 10.9. The van der Waals surface area contributed by atoms with Crippen LogP contribution in [0.3, 0.4) is 0 Å². The summed E-state index contributed by atoms with van der Waals surface area (Å²) in [7, 11) is 0. The van der Waals surface area contributed by atoms with Crippen molar-refractivity contribution in [3.05, 3.63) is 32.2 Å². The molecule has 1 aromatic rings. The molecule has 0 aliphatic heterocycles. The fourth-order valence-corrected chi connectivity index (χ4v) is 2.40. The van der Waals surface area contributed by atoms with E-state index >= 15 is 0 Å². The molecule has 1 aromatic carbocycles. The van der Waals surface area contributed by atoms with Gasteiger partial charge in [0.15, 0.2) is 5.75 Å². The number of hydrogen-bond acceptors (Lipinski definition) is 2. The first-order chi connectivity index (χ1) is 6.54. The van der Waals surface area contributed by atoms with Gasteiger partial charge in [-0.1, -0.05) is 30.1 Å². The number of carbonyl (C=O) groups excluding carboxylic acids is 1. The molecule has 0 aliphatic rings. The van der Waals surface area contributed by atoms with Gasteiger partial charge in [-0.25, -0.2) is 0 Å². The van der Waals surface area contributed by atoms with Gasteiger partial charge < -0.3 is 4.74 Å². The van der Waals surface area contributed by atoms with Crippen LogP contribution in [0.25, 0.3) is 0 Å². The zero-order valence-electron chi connectivity index (χ0n) is 7.18. The van der Waals surface area contributed by atoms with E-state index in [1.54, 1.807) is 13.0 Å². The summed E-state index contributed by atoms with van der Waals surface area (Å²) < 4.78 is 5.69. The van der Waals surface area contributed by atoms with E-state index in [9.17, 15) is 4.79 Å². The fraction of sp³-hybridized carbons (Fsp3) is 0.111. The Morgan fingerprint density at radius 3 is 2.64 bits per heavy atom. The van der Waals surface area contributed by atoms with Crippen molar-refractivity contribution in [2.45, 2.75) is 6.92 Å². The fourth-order valence-electron chi connectivity index (χ4n) is 0.786. The molecule has 0 saturated heterocycles. The maximum Gasteiger partial charge on any atom is 0.315 e. The lowest BCUT2D eigenvalue weighted by Crippen LogP contribution is -2.07. The van der Waals surface area contributed by atoms with E-state index in [1.807, 2.05) is 22.6 Å². The predicted octanol–water partition coefficient (Wildman–Crippen LogP) is 3.73. The van der Waals surface area contributed by atoms with Crippen LogP contribution in [0.4, 0.5) is 0 Å². The molecule has 5 heteroatoms. The van der Waals surface area contributed by atoms with Gasteiger partial charge in [-0.15, -0.1) is 0 Å². The van der Waals surface area contributed by atoms with Gasteiger partial charge in [-0.3, -0.25) is 4.79 Å². The van der Waals surface area contributed by atoms with E-state index in [-0.39, 0.29) is 0 Å². The summed E-state index contributed by atoms with van der Waals surface area (Å²) in [5.41, 5.74) is 0. The minimum absolute atomic E-state index is 0.331. The Kier molecular flexibility index (Phi) is 4.47. The van der Waals surface area contributed by atoms with Gasteiger partial charge in [0.1, 0.15) is 0 Å². The highest BCUT2D eigenvalue weighted by molar-refractivity contribution is 14.1. The van der Waals surface area contributed by atoms with Gasteiger partial charge in [0.2, 0.25) is 0 Å². The smallest absolute Gasteiger partial charge is 0.315 e. The average molecular weight is 344 g/mol. The first kappa shape index (κ1) is 12.1. The van der Waals surface area contributed by atoms with Gasteiger partial charge in [0, 0.05) is 5.02 Å². The molecule has 2 nitrogen and oxygen atoms in total. The highest BCUT2D eigenvalue weighted by Crippen LogP contribution is 2.33. The quantitative estimate of drug-likeness (QED) is 0.464. The number of benzene rings is 1. The number of ether oxygens (including phenoxy) is 1. The van der Waals surface area contributed by atoms with Crippen LogP contribution in [0.1, 0.15) is 6.92 Å². The van der Waals surface area contributed by atoms with E-state index in [1.165, 1.54) is 12.5 Å². The van der Waals surface area contributed by atoms with Gasteiger partial charge in [-0.2, -0.15) is 0 Å². The molecule has 14 heavy (non-hydrogen) atoms. The minimum atomic E-state index is -0.438. The zero-order chi connectivity index (χ0) is 10.7. The second kappa shape index (κ2) is 5.19. The Balaban J connectivity index is 3.02. The second-order valence-electron chi connectivity index (χ2n) is 2.41. The summed E-state index contributed by atoms with van der Waals surface area (Å²) in [4.78, 5) is 11.0. The maximum absolute atomic E-state index is 11.0. The number of rotatable bonds is 2. The van der Waals surface area contributed by atoms with E-state index in [2.05, 4.69) is 0 Å². The lowest BCUT2D eigenvalue weighted by atomic mass is 10.3. The van der Waals surface area contributed by atoms with E-state index in [0.29, 0.717) is 19.4 Å². The molecule has 1 rings (SSSR count). The number of carbonyl (C=O) groups is 1. The van der Waals surface area contributed by atoms with Crippen molar-refractivity contribution in [2.24, 2.45) is 0 Å². The van der Waals surface area contributed by atoms with Crippen LogP contribution < -0.4 is 4.74 Å². The number of esters is 1. The largest absolute Gasteiger partial charge is 0.424 e. The third kappa shape index (κ3) is 3.00. The van der Waals surface area contributed by atoms with Crippen LogP contribution in [0.5, 0.6) is 5.75 Å². The van der Waals surface area contributed by atoms with Crippen molar-refractivity contribution in [3.63, 3.8) is 0 Å². The van der Waals surface area contributed by atoms with Gasteiger partial charge >= 0.3 is 5.97 Å². The Morgan fingerprint density at radius 1 is 1.50 bits per heavy atom. The Hall–Kier alpha value is -0.000000000000000111. The van der Waals surface area contributed by atoms with Crippen molar-refractivity contribution < 1.29 is 9.53 Å². The summed E-state index contributed by atoms with van der Waals surface area (Å²) in [6, 6.07) is 3.20. The van der Waals surface area contributed by atoms with Crippen LogP contribution in [-0.2, 0) is 4.79 Å². The number of halogens is 3. The lowest BCUT2D eigenvalue weighted by Gasteiger charge is -2.07. The third-order valence-electron chi connectivity index (χ3n) is 1.40. The van der Waals surface area contributed by atoms with Crippen LogP contribution >= 0.6 is 45.8 Å². The van der Waals surface area contributed by atoms with Crippen LogP contribution in [0, 0.1) is 9.99 Å². The molecule has 0 atom stereocenters. The molecule has 0 bridgehead atoms. The molecule has 75 valence electrons.